The van der Waals surface area contributed by atoms with Gasteiger partial charge in [-0.25, -0.2) is 14.6 Å². The molecule has 0 radical (unpaired) electrons. The monoisotopic (exact) mass is 286 g/mol. The van der Waals surface area contributed by atoms with E-state index in [-0.39, 0.29) is 6.54 Å². The van der Waals surface area contributed by atoms with Crippen LogP contribution in [0, 0.1) is 0 Å². The molecule has 1 aliphatic heterocycles. The van der Waals surface area contributed by atoms with Crippen molar-refractivity contribution >= 4 is 17.7 Å². The highest BCUT2D eigenvalue weighted by Gasteiger charge is 2.38. The number of benzene rings is 1. The lowest BCUT2D eigenvalue weighted by molar-refractivity contribution is -0.138. The molecule has 1 aliphatic rings. The van der Waals surface area contributed by atoms with Gasteiger partial charge in [0.15, 0.2) is 0 Å². The van der Waals surface area contributed by atoms with Crippen molar-refractivity contribution in [3.8, 4) is 0 Å². The van der Waals surface area contributed by atoms with Crippen molar-refractivity contribution in [1.82, 2.24) is 15.3 Å². The van der Waals surface area contributed by atoms with Crippen LogP contribution in [0.1, 0.15) is 11.4 Å². The van der Waals surface area contributed by atoms with Crippen LogP contribution in [0.3, 0.4) is 0 Å². The average molecular weight is 286 g/mol. The lowest BCUT2D eigenvalue weighted by Crippen LogP contribution is -2.47. The first kappa shape index (κ1) is 13.2. The number of rotatable bonds is 3. The van der Waals surface area contributed by atoms with E-state index in [2.05, 4.69) is 15.3 Å². The summed E-state index contributed by atoms with van der Waals surface area (Å²) >= 11 is 0. The zero-order chi connectivity index (χ0) is 14.8. The molecule has 0 saturated carbocycles. The fourth-order valence-corrected chi connectivity index (χ4v) is 2.47. The molecule has 0 spiro atoms. The molecule has 0 unspecified atom stereocenters. The van der Waals surface area contributed by atoms with Gasteiger partial charge in [-0.1, -0.05) is 18.2 Å². The lowest BCUT2D eigenvalue weighted by atomic mass is 10.1. The highest BCUT2D eigenvalue weighted by molar-refractivity contribution is 6.00. The highest BCUT2D eigenvalue weighted by Crippen LogP contribution is 2.32. The number of carbonyl (C=O) groups is 2. The molecular weight excluding hydrogens is 272 g/mol. The minimum atomic E-state index is -1.01. The third-order valence-corrected chi connectivity index (χ3v) is 3.44. The Morgan fingerprint density at radius 2 is 2.24 bits per heavy atom. The number of fused-ring (bicyclic) bond motifs is 1. The van der Waals surface area contributed by atoms with Crippen LogP contribution in [0.5, 0.6) is 0 Å². The summed E-state index contributed by atoms with van der Waals surface area (Å²) in [5.41, 5.74) is 1.50. The van der Waals surface area contributed by atoms with E-state index >= 15 is 0 Å². The van der Waals surface area contributed by atoms with Crippen molar-refractivity contribution in [2.24, 2.45) is 0 Å². The quantitative estimate of drug-likeness (QED) is 0.787. The van der Waals surface area contributed by atoms with Crippen LogP contribution in [-0.4, -0.2) is 33.1 Å². The normalized spacial score (nSPS) is 16.6. The number of aromatic nitrogens is 2. The maximum atomic E-state index is 12.3. The molecule has 3 N–H and O–H groups in total. The van der Waals surface area contributed by atoms with Crippen LogP contribution in [-0.2, 0) is 17.8 Å². The van der Waals surface area contributed by atoms with Gasteiger partial charge < -0.3 is 15.4 Å². The summed E-state index contributed by atoms with van der Waals surface area (Å²) in [7, 11) is 0. The zero-order valence-corrected chi connectivity index (χ0v) is 11.1. The molecule has 1 aromatic carbocycles. The second-order valence-electron chi connectivity index (χ2n) is 4.75. The van der Waals surface area contributed by atoms with Crippen LogP contribution in [0.15, 0.2) is 36.7 Å². The molecule has 1 atom stereocenters. The van der Waals surface area contributed by atoms with Gasteiger partial charge in [0.1, 0.15) is 11.9 Å². The Labute approximate surface area is 120 Å². The van der Waals surface area contributed by atoms with Gasteiger partial charge in [0.05, 0.1) is 6.54 Å². The van der Waals surface area contributed by atoms with E-state index in [1.54, 1.807) is 24.5 Å². The fourth-order valence-electron chi connectivity index (χ4n) is 2.47. The van der Waals surface area contributed by atoms with Crippen molar-refractivity contribution in [2.75, 3.05) is 4.90 Å². The minimum absolute atomic E-state index is 0.219. The summed E-state index contributed by atoms with van der Waals surface area (Å²) in [6, 6.07) is 5.90. The van der Waals surface area contributed by atoms with E-state index in [4.69, 9.17) is 0 Å². The molecule has 2 heterocycles. The highest BCUT2D eigenvalue weighted by atomic mass is 16.4. The number of nitrogens with zero attached hydrogens (tertiary/aromatic N) is 2. The summed E-state index contributed by atoms with van der Waals surface area (Å²) in [6.45, 7) is 0.219. The number of hydrogen-bond donors (Lipinski definition) is 3. The third-order valence-electron chi connectivity index (χ3n) is 3.44. The largest absolute Gasteiger partial charge is 0.480 e. The van der Waals surface area contributed by atoms with Crippen molar-refractivity contribution in [1.29, 1.82) is 0 Å². The molecule has 7 heteroatoms. The van der Waals surface area contributed by atoms with E-state index in [0.29, 0.717) is 17.9 Å². The summed E-state index contributed by atoms with van der Waals surface area (Å²) < 4.78 is 0. The number of amides is 2. The summed E-state index contributed by atoms with van der Waals surface area (Å²) in [4.78, 5) is 31.9. The standard InChI is InChI=1S/C14H14N4O3/c19-13(20)11-7-9-3-1-2-4-10(9)18(11)14(21)17-8-12-15-5-6-16-12/h1-6,11H,7-8H2,(H,15,16)(H,17,21)(H,19,20)/t11-/m0/s1. The molecule has 7 nitrogen and oxygen atoms in total. The number of imidazole rings is 1. The van der Waals surface area contributed by atoms with Crippen molar-refractivity contribution < 1.29 is 14.7 Å². The Kier molecular flexibility index (Phi) is 3.31. The first-order valence-corrected chi connectivity index (χ1v) is 6.53. The molecule has 0 bridgehead atoms. The van der Waals surface area contributed by atoms with E-state index in [0.717, 1.165) is 5.56 Å². The maximum Gasteiger partial charge on any atom is 0.327 e. The van der Waals surface area contributed by atoms with Gasteiger partial charge in [-0.2, -0.15) is 0 Å². The zero-order valence-electron chi connectivity index (χ0n) is 11.1. The number of hydrogen-bond acceptors (Lipinski definition) is 3. The van der Waals surface area contributed by atoms with Crippen LogP contribution >= 0.6 is 0 Å². The number of nitrogens with one attached hydrogen (secondary N) is 2. The number of para-hydroxylation sites is 1. The summed E-state index contributed by atoms with van der Waals surface area (Å²) in [5.74, 6) is -0.401. The van der Waals surface area contributed by atoms with Gasteiger partial charge in [0.25, 0.3) is 0 Å². The van der Waals surface area contributed by atoms with E-state index in [9.17, 15) is 14.7 Å². The average Bonchev–Trinajstić information content (AvgIpc) is 3.11. The lowest BCUT2D eigenvalue weighted by Gasteiger charge is -2.22. The number of H-pyrrole nitrogens is 1. The first-order chi connectivity index (χ1) is 10.2. The molecule has 2 amide bonds. The molecule has 0 aliphatic carbocycles. The first-order valence-electron chi connectivity index (χ1n) is 6.53. The van der Waals surface area contributed by atoms with Crippen LogP contribution < -0.4 is 10.2 Å². The Morgan fingerprint density at radius 3 is 2.95 bits per heavy atom. The molecule has 0 fully saturated rings. The molecule has 1 aromatic heterocycles. The van der Waals surface area contributed by atoms with E-state index < -0.39 is 18.0 Å². The number of aliphatic carboxylic acids is 1. The molecule has 21 heavy (non-hydrogen) atoms. The molecular formula is C14H14N4O3. The van der Waals surface area contributed by atoms with Crippen molar-refractivity contribution in [2.45, 2.75) is 19.0 Å². The maximum absolute atomic E-state index is 12.3. The Morgan fingerprint density at radius 1 is 1.43 bits per heavy atom. The number of urea groups is 1. The smallest absolute Gasteiger partial charge is 0.327 e. The molecule has 108 valence electrons. The molecule has 3 rings (SSSR count). The SMILES string of the molecule is O=C(O)[C@@H]1Cc2ccccc2N1C(=O)NCc1ncc[nH]1. The fraction of sp³-hybridized carbons (Fsp3) is 0.214. The molecule has 2 aromatic rings. The van der Waals surface area contributed by atoms with E-state index in [1.807, 2.05) is 12.1 Å². The van der Waals surface area contributed by atoms with Crippen molar-refractivity contribution in [3.63, 3.8) is 0 Å². The topological polar surface area (TPSA) is 98.3 Å². The summed E-state index contributed by atoms with van der Waals surface area (Å²) in [6.07, 6.45) is 3.57. The number of carboxylic acid groups (broad SMARTS) is 1. The number of aromatic amines is 1. The second-order valence-corrected chi connectivity index (χ2v) is 4.75. The van der Waals surface area contributed by atoms with Crippen LogP contribution in [0.2, 0.25) is 0 Å². The van der Waals surface area contributed by atoms with Crippen LogP contribution in [0.4, 0.5) is 10.5 Å². The Balaban J connectivity index is 1.80. The van der Waals surface area contributed by atoms with Gasteiger partial charge in [-0.15, -0.1) is 0 Å². The number of carboxylic acids is 1. The third kappa shape index (κ3) is 2.45. The second kappa shape index (κ2) is 5.28. The number of carbonyl (C=O) groups excluding carboxylic acids is 1. The van der Waals surface area contributed by atoms with Gasteiger partial charge in [0.2, 0.25) is 0 Å². The summed E-state index contributed by atoms with van der Waals surface area (Å²) in [5, 5.41) is 12.0. The predicted octanol–water partition coefficient (Wildman–Crippen LogP) is 1.14. The van der Waals surface area contributed by atoms with Gasteiger partial charge in [-0.3, -0.25) is 4.90 Å². The van der Waals surface area contributed by atoms with Gasteiger partial charge >= 0.3 is 12.0 Å². The van der Waals surface area contributed by atoms with Gasteiger partial charge in [0, 0.05) is 24.5 Å². The predicted molar refractivity (Wildman–Crippen MR) is 74.9 cm³/mol. The number of anilines is 1. The van der Waals surface area contributed by atoms with Crippen LogP contribution in [0.25, 0.3) is 0 Å². The Bertz CT molecular complexity index is 669. The van der Waals surface area contributed by atoms with Gasteiger partial charge in [-0.05, 0) is 11.6 Å². The van der Waals surface area contributed by atoms with E-state index in [1.165, 1.54) is 4.90 Å². The Hall–Kier alpha value is -2.83. The molecule has 0 saturated heterocycles. The van der Waals surface area contributed by atoms with Crippen molar-refractivity contribution in [3.05, 3.63) is 48.0 Å². The minimum Gasteiger partial charge on any atom is -0.480 e.